The normalized spacial score (nSPS) is 14.0. The number of nitrogens with zero attached hydrogens (tertiary/aromatic N) is 6. The second-order valence-corrected chi connectivity index (χ2v) is 15.6. The van der Waals surface area contributed by atoms with Crippen molar-refractivity contribution < 1.29 is 52.2 Å². The van der Waals surface area contributed by atoms with Crippen LogP contribution in [0.2, 0.25) is 0 Å². The third kappa shape index (κ3) is 14.5. The van der Waals surface area contributed by atoms with E-state index >= 15 is 0 Å². The summed E-state index contributed by atoms with van der Waals surface area (Å²) in [7, 11) is 0. The van der Waals surface area contributed by atoms with Crippen LogP contribution in [0.3, 0.4) is 0 Å². The molecule has 0 bridgehead atoms. The number of carbonyl (C=O) groups excluding carboxylic acids is 2. The first-order chi connectivity index (χ1) is 32.8. The van der Waals surface area contributed by atoms with Gasteiger partial charge >= 0.3 is 5.97 Å². The predicted molar refractivity (Wildman–Crippen MR) is 249 cm³/mol. The van der Waals surface area contributed by atoms with Crippen molar-refractivity contribution in [1.29, 1.82) is 0 Å². The van der Waals surface area contributed by atoms with Gasteiger partial charge < -0.3 is 47.2 Å². The lowest BCUT2D eigenvalue weighted by Crippen LogP contribution is -2.32. The molecule has 0 spiro atoms. The van der Waals surface area contributed by atoms with Gasteiger partial charge in [-0.3, -0.25) is 14.4 Å². The molecule has 1 N–H and O–H groups in total. The van der Waals surface area contributed by atoms with Crippen molar-refractivity contribution >= 4 is 28.5 Å². The number of cyclic esters (lactones) is 1. The summed E-state index contributed by atoms with van der Waals surface area (Å²) in [4.78, 5) is 46.5. The summed E-state index contributed by atoms with van der Waals surface area (Å²) in [6, 6.07) is 15.0. The van der Waals surface area contributed by atoms with Crippen LogP contribution in [0.25, 0.3) is 32.7 Å². The molecule has 1 amide bonds. The van der Waals surface area contributed by atoms with Gasteiger partial charge in [-0.05, 0) is 103 Å². The quantitative estimate of drug-likeness (QED) is 0.0102. The van der Waals surface area contributed by atoms with Crippen LogP contribution >= 0.6 is 0 Å². The highest BCUT2D eigenvalue weighted by Crippen LogP contribution is 2.39. The summed E-state index contributed by atoms with van der Waals surface area (Å²) in [6.07, 6.45) is 2.93. The number of ether oxygens (including phenoxy) is 9. The topological polar surface area (TPSA) is 225 Å². The smallest absolute Gasteiger partial charge is 0.313 e. The van der Waals surface area contributed by atoms with Gasteiger partial charge in [-0.25, -0.2) is 10.4 Å². The number of pyridine rings is 2. The summed E-state index contributed by atoms with van der Waals surface area (Å²) in [6.45, 7) is 12.5. The number of benzene rings is 2. The molecule has 0 radical (unpaired) electrons. The molecule has 2 aliphatic heterocycles. The minimum atomic E-state index is -0.470. The van der Waals surface area contributed by atoms with E-state index in [1.54, 1.807) is 10.6 Å². The van der Waals surface area contributed by atoms with Crippen LogP contribution < -0.4 is 20.5 Å². The minimum Gasteiger partial charge on any atom is -0.494 e. The van der Waals surface area contributed by atoms with Crippen LogP contribution in [0.4, 0.5) is 0 Å². The van der Waals surface area contributed by atoms with E-state index in [2.05, 4.69) is 27.5 Å². The number of hydrogen-bond acceptors (Lipinski definition) is 15. The summed E-state index contributed by atoms with van der Waals surface area (Å²) in [5, 5.41) is 8.54. The number of unbranched alkanes of at least 4 members (excludes halogenated alkanes) is 1. The number of nitrogens with one attached hydrogen (secondary N) is 1. The molecule has 0 aliphatic carbocycles. The first-order valence-corrected chi connectivity index (χ1v) is 22.9. The molecule has 6 rings (SSSR count). The molecule has 2 aromatic heterocycles. The van der Waals surface area contributed by atoms with Crippen molar-refractivity contribution in [2.75, 3.05) is 99.0 Å². The van der Waals surface area contributed by atoms with E-state index in [4.69, 9.17) is 53.1 Å². The van der Waals surface area contributed by atoms with Gasteiger partial charge in [-0.1, -0.05) is 19.0 Å². The third-order valence-electron chi connectivity index (χ3n) is 11.2. The lowest BCUT2D eigenvalue weighted by Gasteiger charge is -2.24. The molecule has 1 atom stereocenters. The Morgan fingerprint density at radius 3 is 2.07 bits per heavy atom. The lowest BCUT2D eigenvalue weighted by molar-refractivity contribution is -0.148. The van der Waals surface area contributed by atoms with Crippen LogP contribution in [-0.2, 0) is 62.3 Å². The van der Waals surface area contributed by atoms with Gasteiger partial charge in [-0.2, -0.15) is 5.10 Å². The zero-order valence-electron chi connectivity index (χ0n) is 38.6. The van der Waals surface area contributed by atoms with E-state index in [-0.39, 0.29) is 24.7 Å². The summed E-state index contributed by atoms with van der Waals surface area (Å²) >= 11 is 0. The largest absolute Gasteiger partial charge is 0.494 e. The Hall–Kier alpha value is -5.92. The number of carbonyl (C=O) groups is 2. The summed E-state index contributed by atoms with van der Waals surface area (Å²) < 4.78 is 51.6. The number of aromatic nitrogens is 2. The number of aryl methyl sites for hydroxylation is 1. The summed E-state index contributed by atoms with van der Waals surface area (Å²) in [5.74, 6) is 0.0654. The SMILES string of the molecule is CCc1c2c(nc3ccc(OCC(=O)N/N=C(\C)c4ccc(OCCCCOCCOCCOCCOCCOCCOCCN=[N+]=[N-])cc4)cc13)-c1cc3c(c(=O)n1C2)COC(=O)C3CC. The molecule has 0 saturated heterocycles. The molecule has 0 saturated carbocycles. The molecule has 2 aromatic carbocycles. The molecule has 2 aliphatic rings. The fourth-order valence-corrected chi connectivity index (χ4v) is 7.69. The van der Waals surface area contributed by atoms with Crippen molar-refractivity contribution in [2.45, 2.75) is 65.5 Å². The second kappa shape index (κ2) is 27.0. The Morgan fingerprint density at radius 1 is 0.806 bits per heavy atom. The maximum atomic E-state index is 13.6. The highest BCUT2D eigenvalue weighted by atomic mass is 16.6. The van der Waals surface area contributed by atoms with Crippen molar-refractivity contribution in [1.82, 2.24) is 15.0 Å². The number of fused-ring (bicyclic) bond motifs is 5. The van der Waals surface area contributed by atoms with Gasteiger partial charge in [0.2, 0.25) is 0 Å². The molecular formula is C48H61N7O12. The monoisotopic (exact) mass is 927 g/mol. The Bertz CT molecular complexity index is 2400. The first kappa shape index (κ1) is 50.5. The fraction of sp³-hybridized carbons (Fsp3) is 0.521. The van der Waals surface area contributed by atoms with E-state index in [0.717, 1.165) is 57.4 Å². The average Bonchev–Trinajstić information content (AvgIpc) is 3.71. The highest BCUT2D eigenvalue weighted by Gasteiger charge is 2.34. The Labute approximate surface area is 389 Å². The third-order valence-corrected chi connectivity index (χ3v) is 11.2. The Morgan fingerprint density at radius 2 is 1.43 bits per heavy atom. The molecule has 1 unspecified atom stereocenters. The maximum Gasteiger partial charge on any atom is 0.313 e. The Kier molecular flexibility index (Phi) is 20.4. The van der Waals surface area contributed by atoms with Crippen molar-refractivity contribution in [2.24, 2.45) is 10.2 Å². The van der Waals surface area contributed by atoms with Crippen molar-refractivity contribution in [3.05, 3.63) is 97.1 Å². The van der Waals surface area contributed by atoms with Gasteiger partial charge in [0.1, 0.15) is 18.1 Å². The zero-order chi connectivity index (χ0) is 47.2. The van der Waals surface area contributed by atoms with Gasteiger partial charge in [0.25, 0.3) is 11.5 Å². The van der Waals surface area contributed by atoms with Crippen LogP contribution in [0.15, 0.2) is 63.5 Å². The summed E-state index contributed by atoms with van der Waals surface area (Å²) in [5.41, 5.74) is 17.6. The van der Waals surface area contributed by atoms with E-state index in [1.165, 1.54) is 0 Å². The van der Waals surface area contributed by atoms with Crippen LogP contribution in [-0.4, -0.2) is 126 Å². The lowest BCUT2D eigenvalue weighted by atomic mass is 9.90. The molecule has 360 valence electrons. The van der Waals surface area contributed by atoms with Crippen LogP contribution in [0, 0.1) is 0 Å². The molecule has 19 nitrogen and oxygen atoms in total. The van der Waals surface area contributed by atoms with Crippen molar-refractivity contribution in [3.63, 3.8) is 0 Å². The van der Waals surface area contributed by atoms with Crippen molar-refractivity contribution in [3.8, 4) is 22.9 Å². The molecule has 67 heavy (non-hydrogen) atoms. The van der Waals surface area contributed by atoms with Gasteiger partial charge in [0.05, 0.1) is 120 Å². The average molecular weight is 928 g/mol. The Balaban J connectivity index is 0.815. The van der Waals surface area contributed by atoms with E-state index in [9.17, 15) is 14.4 Å². The second-order valence-electron chi connectivity index (χ2n) is 15.6. The predicted octanol–water partition coefficient (Wildman–Crippen LogP) is 6.03. The molecule has 4 aromatic rings. The van der Waals surface area contributed by atoms with E-state index in [1.807, 2.05) is 56.3 Å². The van der Waals surface area contributed by atoms with Gasteiger partial charge in [0, 0.05) is 29.0 Å². The van der Waals surface area contributed by atoms with Gasteiger partial charge in [0.15, 0.2) is 6.61 Å². The number of azide groups is 1. The minimum absolute atomic E-state index is 0.0173. The van der Waals surface area contributed by atoms with Crippen LogP contribution in [0.5, 0.6) is 11.5 Å². The fourth-order valence-electron chi connectivity index (χ4n) is 7.69. The number of amides is 1. The van der Waals surface area contributed by atoms with E-state index in [0.29, 0.717) is 135 Å². The standard InChI is InChI=1S/C48H61N7O12/c1-4-37-40-28-36(12-13-43(40)51-46-41(37)30-55-44(46)29-39-38(5-2)48(58)67-31-42(39)47(55)57)66-32-45(56)53-52-33(3)34-8-10-35(11-9-34)65-16-7-6-15-59-18-20-61-22-24-63-26-27-64-25-23-62-21-19-60-17-14-50-54-49/h8-13,28-29,38H,4-7,14-27,30-32H2,1-3H3,(H,53,56)/b52-33+. The number of rotatable bonds is 31. The molecular weight excluding hydrogens is 867 g/mol. The molecule has 4 heterocycles. The molecule has 19 heteroatoms. The molecule has 0 fully saturated rings. The number of hydrogen-bond donors (Lipinski definition) is 1. The highest BCUT2D eigenvalue weighted by molar-refractivity contribution is 5.99. The first-order valence-electron chi connectivity index (χ1n) is 22.9. The van der Waals surface area contributed by atoms with E-state index < -0.39 is 11.8 Å². The maximum absolute atomic E-state index is 13.6. The number of hydrazone groups is 1. The zero-order valence-corrected chi connectivity index (χ0v) is 38.6. The number of esters is 1. The van der Waals surface area contributed by atoms with Crippen LogP contribution in [0.1, 0.15) is 73.8 Å². The van der Waals surface area contributed by atoms with Gasteiger partial charge in [-0.15, -0.1) is 0 Å².